The van der Waals surface area contributed by atoms with E-state index in [1.54, 1.807) is 0 Å². The quantitative estimate of drug-likeness (QED) is 0.801. The van der Waals surface area contributed by atoms with Crippen LogP contribution in [0.2, 0.25) is 0 Å². The number of Topliss-reactive ketones (excluding diaryl/α,β-unsaturated/α-hetero) is 1. The smallest absolute Gasteiger partial charge is 0.174 e. The van der Waals surface area contributed by atoms with Crippen LogP contribution in [0.25, 0.3) is 0 Å². The molecule has 3 nitrogen and oxygen atoms in total. The predicted octanol–water partition coefficient (Wildman–Crippen LogP) is 3.24. The average molecular weight is 276 g/mol. The maximum absolute atomic E-state index is 12.8. The molecule has 1 heterocycles. The molecule has 0 amide bonds. The minimum absolute atomic E-state index is 0.0496. The maximum atomic E-state index is 12.8. The van der Waals surface area contributed by atoms with E-state index in [2.05, 4.69) is 11.0 Å². The third kappa shape index (κ3) is 1.64. The van der Waals surface area contributed by atoms with Crippen molar-refractivity contribution in [2.24, 2.45) is 10.9 Å². The summed E-state index contributed by atoms with van der Waals surface area (Å²) in [5, 5.41) is 0. The van der Waals surface area contributed by atoms with E-state index in [-0.39, 0.29) is 17.7 Å². The summed E-state index contributed by atoms with van der Waals surface area (Å²) < 4.78 is 0. The first-order valence-corrected chi connectivity index (χ1v) is 7.16. The van der Waals surface area contributed by atoms with Crippen LogP contribution in [0, 0.1) is 5.92 Å². The number of nitrogens with zero attached hydrogens (tertiary/aromatic N) is 2. The summed E-state index contributed by atoms with van der Waals surface area (Å²) in [5.41, 5.74) is 4.84. The van der Waals surface area contributed by atoms with Gasteiger partial charge in [-0.25, -0.2) is 0 Å². The molecule has 0 saturated heterocycles. The Labute approximate surface area is 123 Å². The fraction of sp³-hybridized carbons (Fsp3) is 0.222. The highest BCUT2D eigenvalue weighted by molar-refractivity contribution is 6.29. The average Bonchev–Trinajstić information content (AvgIpc) is 2.78. The number of hydrogen-bond donors (Lipinski definition) is 0. The van der Waals surface area contributed by atoms with Crippen molar-refractivity contribution in [2.45, 2.75) is 6.04 Å². The molecule has 0 spiro atoms. The summed E-state index contributed by atoms with van der Waals surface area (Å²) in [6, 6.07) is 16.0. The Morgan fingerprint density at radius 1 is 0.952 bits per heavy atom. The Bertz CT molecular complexity index is 776. The van der Waals surface area contributed by atoms with Gasteiger partial charge in [-0.2, -0.15) is 0 Å². The first-order chi connectivity index (χ1) is 10.2. The molecule has 0 fully saturated rings. The molecule has 2 aromatic carbocycles. The van der Waals surface area contributed by atoms with Gasteiger partial charge in [0.05, 0.1) is 23.4 Å². The zero-order valence-corrected chi connectivity index (χ0v) is 12.1. The second-order valence-electron chi connectivity index (χ2n) is 5.85. The standard InChI is InChI=1S/C18H16N2O/c1-20(2)17-13-9-5-6-10-14(13)19-16-11-7-3-4-8-12(11)18(21)15(16)17/h3-10,15,17H,1-2H3. The van der Waals surface area contributed by atoms with Gasteiger partial charge in [0.15, 0.2) is 5.78 Å². The summed E-state index contributed by atoms with van der Waals surface area (Å²) in [6.45, 7) is 0. The summed E-state index contributed by atoms with van der Waals surface area (Å²) in [5.74, 6) is 0.00449. The topological polar surface area (TPSA) is 32.7 Å². The van der Waals surface area contributed by atoms with Crippen molar-refractivity contribution in [3.05, 3.63) is 65.2 Å². The first kappa shape index (κ1) is 12.5. The molecule has 2 aliphatic rings. The van der Waals surface area contributed by atoms with Crippen molar-refractivity contribution in [2.75, 3.05) is 14.1 Å². The van der Waals surface area contributed by atoms with Gasteiger partial charge in [0.1, 0.15) is 0 Å². The third-order valence-electron chi connectivity index (χ3n) is 4.41. The summed E-state index contributed by atoms with van der Waals surface area (Å²) in [4.78, 5) is 19.8. The molecule has 0 N–H and O–H groups in total. The van der Waals surface area contributed by atoms with Crippen LogP contribution in [0.4, 0.5) is 5.69 Å². The predicted molar refractivity (Wildman–Crippen MR) is 83.3 cm³/mol. The van der Waals surface area contributed by atoms with Crippen molar-refractivity contribution < 1.29 is 4.79 Å². The van der Waals surface area contributed by atoms with Gasteiger partial charge in [0.25, 0.3) is 0 Å². The number of fused-ring (bicyclic) bond motifs is 4. The lowest BCUT2D eigenvalue weighted by Gasteiger charge is -2.33. The fourth-order valence-corrected chi connectivity index (χ4v) is 3.53. The maximum Gasteiger partial charge on any atom is 0.174 e. The second-order valence-corrected chi connectivity index (χ2v) is 5.85. The molecule has 2 atom stereocenters. The molecule has 3 heteroatoms. The van der Waals surface area contributed by atoms with E-state index in [0.29, 0.717) is 0 Å². The number of para-hydroxylation sites is 1. The van der Waals surface area contributed by atoms with Crippen molar-refractivity contribution in [1.82, 2.24) is 4.90 Å². The minimum Gasteiger partial charge on any atom is -0.301 e. The number of carbonyl (C=O) groups excluding carboxylic acids is 1. The molecule has 0 bridgehead atoms. The molecule has 104 valence electrons. The van der Waals surface area contributed by atoms with Gasteiger partial charge < -0.3 is 4.90 Å². The normalized spacial score (nSPS) is 22.6. The van der Waals surface area contributed by atoms with E-state index in [1.165, 1.54) is 0 Å². The van der Waals surface area contributed by atoms with Crippen molar-refractivity contribution in [3.8, 4) is 0 Å². The third-order valence-corrected chi connectivity index (χ3v) is 4.41. The van der Waals surface area contributed by atoms with E-state index in [0.717, 1.165) is 28.1 Å². The second kappa shape index (κ2) is 4.37. The number of hydrogen-bond acceptors (Lipinski definition) is 3. The molecule has 1 aliphatic heterocycles. The van der Waals surface area contributed by atoms with Crippen LogP contribution in [-0.2, 0) is 0 Å². The SMILES string of the molecule is CN(C)C1c2ccccc2N=C2c3ccccc3C(=O)C21. The molecule has 0 saturated carbocycles. The Morgan fingerprint density at radius 3 is 2.38 bits per heavy atom. The van der Waals surface area contributed by atoms with Crippen molar-refractivity contribution in [3.63, 3.8) is 0 Å². The molecule has 21 heavy (non-hydrogen) atoms. The number of rotatable bonds is 1. The van der Waals surface area contributed by atoms with Gasteiger partial charge in [-0.05, 0) is 25.7 Å². The molecule has 0 radical (unpaired) electrons. The molecule has 2 unspecified atom stereocenters. The van der Waals surface area contributed by atoms with E-state index in [1.807, 2.05) is 56.6 Å². The van der Waals surface area contributed by atoms with Crippen LogP contribution in [0.1, 0.15) is 27.5 Å². The molecule has 2 aromatic rings. The largest absolute Gasteiger partial charge is 0.301 e. The van der Waals surface area contributed by atoms with Crippen LogP contribution in [0.15, 0.2) is 53.5 Å². The Balaban J connectivity index is 2.00. The minimum atomic E-state index is -0.188. The van der Waals surface area contributed by atoms with E-state index >= 15 is 0 Å². The summed E-state index contributed by atoms with van der Waals surface area (Å²) >= 11 is 0. The molecule has 4 rings (SSSR count). The number of ketones is 1. The summed E-state index contributed by atoms with van der Waals surface area (Å²) in [6.07, 6.45) is 0. The lowest BCUT2D eigenvalue weighted by Crippen LogP contribution is -2.35. The van der Waals surface area contributed by atoms with Crippen LogP contribution >= 0.6 is 0 Å². The summed E-state index contributed by atoms with van der Waals surface area (Å²) in [7, 11) is 4.06. The van der Waals surface area contributed by atoms with E-state index < -0.39 is 0 Å². The number of carbonyl (C=O) groups is 1. The van der Waals surface area contributed by atoms with Gasteiger partial charge in [-0.3, -0.25) is 9.79 Å². The lowest BCUT2D eigenvalue weighted by atomic mass is 9.84. The molecule has 0 aromatic heterocycles. The number of benzene rings is 2. The monoisotopic (exact) mass is 276 g/mol. The van der Waals surface area contributed by atoms with Gasteiger partial charge in [-0.15, -0.1) is 0 Å². The highest BCUT2D eigenvalue weighted by Crippen LogP contribution is 2.45. The van der Waals surface area contributed by atoms with E-state index in [9.17, 15) is 4.79 Å². The van der Waals surface area contributed by atoms with E-state index in [4.69, 9.17) is 4.99 Å². The van der Waals surface area contributed by atoms with Gasteiger partial charge in [-0.1, -0.05) is 42.5 Å². The fourth-order valence-electron chi connectivity index (χ4n) is 3.53. The first-order valence-electron chi connectivity index (χ1n) is 7.16. The van der Waals surface area contributed by atoms with Gasteiger partial charge in [0, 0.05) is 11.1 Å². The lowest BCUT2D eigenvalue weighted by molar-refractivity contribution is 0.0904. The Morgan fingerprint density at radius 2 is 1.62 bits per heavy atom. The van der Waals surface area contributed by atoms with Crippen LogP contribution < -0.4 is 0 Å². The molecule has 1 aliphatic carbocycles. The van der Waals surface area contributed by atoms with Crippen LogP contribution in [-0.4, -0.2) is 30.5 Å². The Kier molecular flexibility index (Phi) is 2.59. The highest BCUT2D eigenvalue weighted by atomic mass is 16.1. The highest BCUT2D eigenvalue weighted by Gasteiger charge is 2.45. The van der Waals surface area contributed by atoms with Crippen LogP contribution in [0.3, 0.4) is 0 Å². The Hall–Kier alpha value is -2.26. The zero-order chi connectivity index (χ0) is 14.6. The molecular formula is C18H16N2O. The number of aliphatic imine (C=N–C) groups is 1. The molecular weight excluding hydrogens is 260 g/mol. The van der Waals surface area contributed by atoms with Crippen molar-refractivity contribution in [1.29, 1.82) is 0 Å². The van der Waals surface area contributed by atoms with Crippen molar-refractivity contribution >= 4 is 17.2 Å². The van der Waals surface area contributed by atoms with Gasteiger partial charge >= 0.3 is 0 Å². The van der Waals surface area contributed by atoms with Crippen LogP contribution in [0.5, 0.6) is 0 Å². The van der Waals surface area contributed by atoms with Gasteiger partial charge in [0.2, 0.25) is 0 Å². The zero-order valence-electron chi connectivity index (χ0n) is 12.1.